The van der Waals surface area contributed by atoms with Gasteiger partial charge in [-0.1, -0.05) is 49.2 Å². The molecule has 1 amide bonds. The maximum absolute atomic E-state index is 13.2. The minimum absolute atomic E-state index is 0.226. The van der Waals surface area contributed by atoms with Gasteiger partial charge in [-0.3, -0.25) is 9.69 Å². The summed E-state index contributed by atoms with van der Waals surface area (Å²) in [5, 5.41) is 1.94. The van der Waals surface area contributed by atoms with Gasteiger partial charge in [0.15, 0.2) is 0 Å². The van der Waals surface area contributed by atoms with Crippen molar-refractivity contribution in [2.45, 2.75) is 69.6 Å². The molecule has 0 unspecified atom stereocenters. The van der Waals surface area contributed by atoms with E-state index in [0.717, 1.165) is 67.4 Å². The van der Waals surface area contributed by atoms with Crippen molar-refractivity contribution < 1.29 is 9.53 Å². The highest BCUT2D eigenvalue weighted by molar-refractivity contribution is 8.00. The molecule has 1 aliphatic carbocycles. The second kappa shape index (κ2) is 10.7. The lowest BCUT2D eigenvalue weighted by Gasteiger charge is -2.37. The minimum Gasteiger partial charge on any atom is -0.379 e. The fourth-order valence-corrected chi connectivity index (χ4v) is 5.62. The minimum atomic E-state index is 0.226. The van der Waals surface area contributed by atoms with Crippen LogP contribution in [-0.2, 0) is 16.1 Å². The molecule has 7 heteroatoms. The Morgan fingerprint density at radius 3 is 2.65 bits per heavy atom. The fourth-order valence-electron chi connectivity index (χ4n) is 4.71. The maximum Gasteiger partial charge on any atom is 0.233 e. The van der Waals surface area contributed by atoms with Gasteiger partial charge in [-0.2, -0.15) is 0 Å². The summed E-state index contributed by atoms with van der Waals surface area (Å²) in [7, 11) is 0. The van der Waals surface area contributed by atoms with Gasteiger partial charge in [0.25, 0.3) is 0 Å². The summed E-state index contributed by atoms with van der Waals surface area (Å²) >= 11 is 1.56. The molecular weight excluding hydrogens is 408 g/mol. The molecule has 31 heavy (non-hydrogen) atoms. The van der Waals surface area contributed by atoms with Crippen molar-refractivity contribution in [3.05, 3.63) is 30.1 Å². The third kappa shape index (κ3) is 5.76. The Kier molecular flexibility index (Phi) is 7.80. The Labute approximate surface area is 189 Å². The smallest absolute Gasteiger partial charge is 0.233 e. The first-order valence-electron chi connectivity index (χ1n) is 11.6. The normalized spacial score (nSPS) is 18.5. The molecule has 6 nitrogen and oxygen atoms in total. The number of fused-ring (bicyclic) bond motifs is 1. The number of thioether (sulfide) groups is 1. The maximum atomic E-state index is 13.2. The average molecular weight is 443 g/mol. The second-order valence-electron chi connectivity index (χ2n) is 8.83. The SMILES string of the molecule is CC(C)N(C(=O)CSc1nc(CN2CCOCC2)nc2ccccc12)C1CCCCC1. The molecule has 1 saturated heterocycles. The second-order valence-corrected chi connectivity index (χ2v) is 9.79. The first-order valence-corrected chi connectivity index (χ1v) is 12.6. The summed E-state index contributed by atoms with van der Waals surface area (Å²) in [6.45, 7) is 8.32. The average Bonchev–Trinajstić information content (AvgIpc) is 2.79. The highest BCUT2D eigenvalue weighted by Gasteiger charge is 2.27. The summed E-state index contributed by atoms with van der Waals surface area (Å²) in [6, 6.07) is 8.74. The number of hydrogen-bond acceptors (Lipinski definition) is 6. The van der Waals surface area contributed by atoms with Crippen LogP contribution in [0.4, 0.5) is 0 Å². The fraction of sp³-hybridized carbons (Fsp3) is 0.625. The molecule has 1 aromatic heterocycles. The molecule has 0 atom stereocenters. The van der Waals surface area contributed by atoms with Crippen molar-refractivity contribution in [1.82, 2.24) is 19.8 Å². The van der Waals surface area contributed by atoms with Crippen LogP contribution < -0.4 is 0 Å². The summed E-state index contributed by atoms with van der Waals surface area (Å²) < 4.78 is 5.46. The van der Waals surface area contributed by atoms with Gasteiger partial charge in [0.05, 0.1) is 31.0 Å². The van der Waals surface area contributed by atoms with Gasteiger partial charge >= 0.3 is 0 Å². The van der Waals surface area contributed by atoms with Crippen LogP contribution in [0, 0.1) is 0 Å². The lowest BCUT2D eigenvalue weighted by Crippen LogP contribution is -2.46. The van der Waals surface area contributed by atoms with Crippen molar-refractivity contribution in [2.24, 2.45) is 0 Å². The summed E-state index contributed by atoms with van der Waals surface area (Å²) in [5.74, 6) is 1.47. The number of hydrogen-bond donors (Lipinski definition) is 0. The summed E-state index contributed by atoms with van der Waals surface area (Å²) in [6.07, 6.45) is 6.03. The van der Waals surface area contributed by atoms with E-state index in [1.165, 1.54) is 19.3 Å². The number of aromatic nitrogens is 2. The number of para-hydroxylation sites is 1. The Morgan fingerprint density at radius 1 is 1.16 bits per heavy atom. The van der Waals surface area contributed by atoms with Gasteiger partial charge in [0.2, 0.25) is 5.91 Å². The molecular formula is C24H34N4O2S. The lowest BCUT2D eigenvalue weighted by molar-refractivity contribution is -0.133. The van der Waals surface area contributed by atoms with Crippen LogP contribution in [0.5, 0.6) is 0 Å². The first-order chi connectivity index (χ1) is 15.1. The molecule has 0 spiro atoms. The molecule has 2 aliphatic rings. The number of ether oxygens (including phenoxy) is 1. The van der Waals surface area contributed by atoms with E-state index in [-0.39, 0.29) is 11.9 Å². The van der Waals surface area contributed by atoms with E-state index in [0.29, 0.717) is 11.8 Å². The van der Waals surface area contributed by atoms with Crippen LogP contribution in [-0.4, -0.2) is 69.8 Å². The molecule has 1 aromatic carbocycles. The van der Waals surface area contributed by atoms with Crippen molar-refractivity contribution in [3.8, 4) is 0 Å². The Balaban J connectivity index is 1.50. The van der Waals surface area contributed by atoms with Gasteiger partial charge in [0, 0.05) is 30.6 Å². The van der Waals surface area contributed by atoms with Crippen molar-refractivity contribution in [1.29, 1.82) is 0 Å². The number of morpholine rings is 1. The quantitative estimate of drug-likeness (QED) is 0.475. The first kappa shape index (κ1) is 22.5. The van der Waals surface area contributed by atoms with Crippen LogP contribution in [0.2, 0.25) is 0 Å². The van der Waals surface area contributed by atoms with Crippen LogP contribution in [0.25, 0.3) is 10.9 Å². The molecule has 0 bridgehead atoms. The molecule has 4 rings (SSSR count). The highest BCUT2D eigenvalue weighted by Crippen LogP contribution is 2.29. The summed E-state index contributed by atoms with van der Waals surface area (Å²) in [5.41, 5.74) is 0.948. The Morgan fingerprint density at radius 2 is 1.90 bits per heavy atom. The van der Waals surface area contributed by atoms with Gasteiger partial charge in [-0.25, -0.2) is 9.97 Å². The zero-order valence-corrected chi connectivity index (χ0v) is 19.6. The zero-order chi connectivity index (χ0) is 21.6. The van der Waals surface area contributed by atoms with Crippen molar-refractivity contribution >= 4 is 28.6 Å². The lowest BCUT2D eigenvalue weighted by atomic mass is 9.93. The molecule has 2 heterocycles. The Bertz CT molecular complexity index is 879. The van der Waals surface area contributed by atoms with E-state index in [9.17, 15) is 4.79 Å². The van der Waals surface area contributed by atoms with Gasteiger partial charge in [-0.15, -0.1) is 0 Å². The van der Waals surface area contributed by atoms with E-state index in [1.807, 2.05) is 18.2 Å². The van der Waals surface area contributed by atoms with Crippen molar-refractivity contribution in [2.75, 3.05) is 32.1 Å². The van der Waals surface area contributed by atoms with Crippen LogP contribution >= 0.6 is 11.8 Å². The van der Waals surface area contributed by atoms with E-state index in [2.05, 4.69) is 29.7 Å². The standard InChI is InChI=1S/C24H34N4O2S/c1-18(2)28(19-8-4-3-5-9-19)23(29)17-31-24-20-10-6-7-11-21(20)25-22(26-24)16-27-12-14-30-15-13-27/h6-7,10-11,18-19H,3-5,8-9,12-17H2,1-2H3. The summed E-state index contributed by atoms with van der Waals surface area (Å²) in [4.78, 5) is 27.4. The monoisotopic (exact) mass is 442 g/mol. The predicted octanol–water partition coefficient (Wildman–Crippen LogP) is 4.12. The number of carbonyl (C=O) groups excluding carboxylic acids is 1. The molecule has 168 valence electrons. The molecule has 0 radical (unpaired) electrons. The number of benzene rings is 1. The van der Waals surface area contributed by atoms with Crippen molar-refractivity contribution in [3.63, 3.8) is 0 Å². The molecule has 1 aliphatic heterocycles. The van der Waals surface area contributed by atoms with Crippen LogP contribution in [0.15, 0.2) is 29.3 Å². The van der Waals surface area contributed by atoms with Gasteiger partial charge in [-0.05, 0) is 32.8 Å². The third-order valence-corrected chi connectivity index (χ3v) is 7.20. The van der Waals surface area contributed by atoms with E-state index >= 15 is 0 Å². The Hall–Kier alpha value is -1.70. The van der Waals surface area contributed by atoms with E-state index in [1.54, 1.807) is 11.8 Å². The number of rotatable bonds is 7. The zero-order valence-electron chi connectivity index (χ0n) is 18.8. The number of nitrogens with zero attached hydrogens (tertiary/aromatic N) is 4. The molecule has 0 N–H and O–H groups in total. The third-order valence-electron chi connectivity index (χ3n) is 6.23. The molecule has 2 aromatic rings. The van der Waals surface area contributed by atoms with Crippen LogP contribution in [0.1, 0.15) is 51.8 Å². The van der Waals surface area contributed by atoms with Gasteiger partial charge < -0.3 is 9.64 Å². The largest absolute Gasteiger partial charge is 0.379 e. The van der Waals surface area contributed by atoms with E-state index in [4.69, 9.17) is 14.7 Å². The molecule has 2 fully saturated rings. The number of amides is 1. The highest BCUT2D eigenvalue weighted by atomic mass is 32.2. The van der Waals surface area contributed by atoms with E-state index < -0.39 is 0 Å². The van der Waals surface area contributed by atoms with Gasteiger partial charge in [0.1, 0.15) is 10.9 Å². The number of carbonyl (C=O) groups is 1. The van der Waals surface area contributed by atoms with Crippen LogP contribution in [0.3, 0.4) is 0 Å². The molecule has 1 saturated carbocycles. The predicted molar refractivity (Wildman–Crippen MR) is 125 cm³/mol. The topological polar surface area (TPSA) is 58.6 Å².